The lowest BCUT2D eigenvalue weighted by molar-refractivity contribution is -0.121. The van der Waals surface area contributed by atoms with E-state index in [9.17, 15) is 4.79 Å². The van der Waals surface area contributed by atoms with Crippen LogP contribution in [0.15, 0.2) is 58.3 Å². The third kappa shape index (κ3) is 4.69. The maximum atomic E-state index is 12.2. The summed E-state index contributed by atoms with van der Waals surface area (Å²) in [6.07, 6.45) is 1.85. The summed E-state index contributed by atoms with van der Waals surface area (Å²) in [6, 6.07) is 16.2. The highest BCUT2D eigenvalue weighted by molar-refractivity contribution is 8.26. The van der Waals surface area contributed by atoms with E-state index < -0.39 is 0 Å². The van der Waals surface area contributed by atoms with Crippen LogP contribution in [0, 0.1) is 6.92 Å². The molecule has 0 saturated carbocycles. The number of amides is 1. The van der Waals surface area contributed by atoms with E-state index >= 15 is 0 Å². The molecule has 134 valence electrons. The number of para-hydroxylation sites is 1. The Hall–Kier alpha value is -1.76. The van der Waals surface area contributed by atoms with Crippen molar-refractivity contribution in [1.29, 1.82) is 0 Å². The number of hydrogen-bond donors (Lipinski definition) is 0. The van der Waals surface area contributed by atoms with E-state index in [0.717, 1.165) is 17.1 Å². The predicted octanol–water partition coefficient (Wildman–Crippen LogP) is 5.00. The second kappa shape index (κ2) is 8.75. The predicted molar refractivity (Wildman–Crippen MR) is 115 cm³/mol. The van der Waals surface area contributed by atoms with Gasteiger partial charge in [0, 0.05) is 23.3 Å². The maximum absolute atomic E-state index is 12.2. The van der Waals surface area contributed by atoms with Gasteiger partial charge in [-0.3, -0.25) is 9.69 Å². The average Bonchev–Trinajstić information content (AvgIpc) is 2.88. The van der Waals surface area contributed by atoms with Gasteiger partial charge in [-0.2, -0.15) is 0 Å². The van der Waals surface area contributed by atoms with Gasteiger partial charge in [0.2, 0.25) is 0 Å². The number of hydrogen-bond acceptors (Lipinski definition) is 5. The van der Waals surface area contributed by atoms with Gasteiger partial charge in [-0.05, 0) is 31.2 Å². The Balaban J connectivity index is 1.62. The van der Waals surface area contributed by atoms with Crippen LogP contribution < -0.4 is 4.74 Å². The van der Waals surface area contributed by atoms with Crippen molar-refractivity contribution in [2.24, 2.45) is 0 Å². The van der Waals surface area contributed by atoms with Crippen LogP contribution in [0.4, 0.5) is 0 Å². The van der Waals surface area contributed by atoms with Gasteiger partial charge < -0.3 is 4.74 Å². The zero-order valence-electron chi connectivity index (χ0n) is 14.6. The summed E-state index contributed by atoms with van der Waals surface area (Å²) in [7, 11) is 1.70. The summed E-state index contributed by atoms with van der Waals surface area (Å²) >= 11 is 8.27. The molecule has 3 nitrogen and oxygen atoms in total. The van der Waals surface area contributed by atoms with Gasteiger partial charge in [-0.1, -0.05) is 59.9 Å². The Labute approximate surface area is 167 Å². The van der Waals surface area contributed by atoms with Gasteiger partial charge in [0.05, 0.1) is 11.5 Å². The number of thioether (sulfide) groups is 2. The van der Waals surface area contributed by atoms with Crippen molar-refractivity contribution < 1.29 is 9.53 Å². The molecule has 0 aliphatic carbocycles. The number of rotatable bonds is 6. The molecule has 0 aromatic heterocycles. The lowest BCUT2D eigenvalue weighted by Gasteiger charge is -2.09. The summed E-state index contributed by atoms with van der Waals surface area (Å²) < 4.78 is 6.53. The normalized spacial score (nSPS) is 15.8. The van der Waals surface area contributed by atoms with Gasteiger partial charge >= 0.3 is 0 Å². The summed E-state index contributed by atoms with van der Waals surface area (Å²) in [5.74, 6) is 1.57. The average molecular weight is 402 g/mol. The van der Waals surface area contributed by atoms with E-state index in [2.05, 4.69) is 31.2 Å². The van der Waals surface area contributed by atoms with E-state index in [0.29, 0.717) is 15.8 Å². The second-order valence-corrected chi connectivity index (χ2v) is 8.63. The third-order valence-electron chi connectivity index (χ3n) is 3.82. The van der Waals surface area contributed by atoms with Crippen LogP contribution in [0.25, 0.3) is 6.08 Å². The Kier molecular flexibility index (Phi) is 6.40. The number of ether oxygens (including phenoxy) is 1. The van der Waals surface area contributed by atoms with E-state index in [1.165, 1.54) is 27.1 Å². The number of carbonyl (C=O) groups is 1. The van der Waals surface area contributed by atoms with Crippen LogP contribution >= 0.6 is 35.7 Å². The molecule has 3 rings (SSSR count). The van der Waals surface area contributed by atoms with Crippen molar-refractivity contribution in [2.75, 3.05) is 19.4 Å². The summed E-state index contributed by atoms with van der Waals surface area (Å²) in [5.41, 5.74) is 2.15. The van der Waals surface area contributed by atoms with Gasteiger partial charge in [-0.25, -0.2) is 0 Å². The molecule has 0 spiro atoms. The zero-order chi connectivity index (χ0) is 18.5. The fraction of sp³-hybridized carbons (Fsp3) is 0.200. The van der Waals surface area contributed by atoms with Crippen molar-refractivity contribution in [3.8, 4) is 5.75 Å². The molecule has 0 atom stereocenters. The topological polar surface area (TPSA) is 29.5 Å². The van der Waals surface area contributed by atoms with Crippen LogP contribution in [0.1, 0.15) is 11.1 Å². The number of nitrogens with zero attached hydrogens (tertiary/aromatic N) is 1. The lowest BCUT2D eigenvalue weighted by atomic mass is 10.2. The standard InChI is InChI=1S/C20H19NO2S3/c1-14-7-9-16(10-8-14)25-12-11-23-17-6-4-3-5-15(17)13-18-19(22)21(2)20(24)26-18/h3-10,13H,11-12H2,1-2H3/b18-13+. The fourth-order valence-corrected chi connectivity index (χ4v) is 4.26. The molecule has 6 heteroatoms. The summed E-state index contributed by atoms with van der Waals surface area (Å²) in [6.45, 7) is 2.68. The molecule has 1 aliphatic rings. The first-order valence-electron chi connectivity index (χ1n) is 8.17. The lowest BCUT2D eigenvalue weighted by Crippen LogP contribution is -2.22. The number of aryl methyl sites for hydroxylation is 1. The van der Waals surface area contributed by atoms with Gasteiger partial charge in [0.15, 0.2) is 0 Å². The van der Waals surface area contributed by atoms with Crippen LogP contribution in [0.3, 0.4) is 0 Å². The quantitative estimate of drug-likeness (QED) is 0.294. The zero-order valence-corrected chi connectivity index (χ0v) is 17.0. The number of carbonyl (C=O) groups excluding carboxylic acids is 1. The summed E-state index contributed by atoms with van der Waals surface area (Å²) in [4.78, 5) is 15.5. The van der Waals surface area contributed by atoms with Crippen molar-refractivity contribution in [3.05, 3.63) is 64.6 Å². The number of benzene rings is 2. The largest absolute Gasteiger partial charge is 0.492 e. The van der Waals surface area contributed by atoms with Crippen LogP contribution in [0.2, 0.25) is 0 Å². The van der Waals surface area contributed by atoms with E-state index in [-0.39, 0.29) is 5.91 Å². The van der Waals surface area contributed by atoms with Gasteiger partial charge in [-0.15, -0.1) is 11.8 Å². The molecule has 1 aliphatic heterocycles. The Morgan fingerprint density at radius 3 is 2.62 bits per heavy atom. The van der Waals surface area contributed by atoms with E-state index in [1.54, 1.807) is 18.8 Å². The molecule has 0 bridgehead atoms. The highest BCUT2D eigenvalue weighted by Gasteiger charge is 2.28. The summed E-state index contributed by atoms with van der Waals surface area (Å²) in [5, 5.41) is 0. The molecular weight excluding hydrogens is 382 g/mol. The van der Waals surface area contributed by atoms with Crippen LogP contribution in [0.5, 0.6) is 5.75 Å². The molecule has 1 saturated heterocycles. The van der Waals surface area contributed by atoms with Crippen molar-refractivity contribution in [2.45, 2.75) is 11.8 Å². The van der Waals surface area contributed by atoms with Gasteiger partial charge in [0.25, 0.3) is 5.91 Å². The minimum absolute atomic E-state index is 0.0651. The smallest absolute Gasteiger partial charge is 0.265 e. The molecular formula is C20H19NO2S3. The minimum atomic E-state index is -0.0651. The Morgan fingerprint density at radius 1 is 1.19 bits per heavy atom. The molecule has 2 aromatic rings. The molecule has 1 heterocycles. The first-order valence-corrected chi connectivity index (χ1v) is 10.4. The van der Waals surface area contributed by atoms with Crippen molar-refractivity contribution in [3.63, 3.8) is 0 Å². The molecule has 1 amide bonds. The first kappa shape index (κ1) is 19.0. The number of thiocarbonyl (C=S) groups is 1. The second-order valence-electron chi connectivity index (χ2n) is 5.79. The molecule has 2 aromatic carbocycles. The van der Waals surface area contributed by atoms with Crippen molar-refractivity contribution in [1.82, 2.24) is 4.90 Å². The molecule has 1 fully saturated rings. The fourth-order valence-electron chi connectivity index (χ4n) is 2.36. The number of likely N-dealkylation sites (N-methyl/N-ethyl adjacent to an activating group) is 1. The molecule has 0 N–H and O–H groups in total. The third-order valence-corrected chi connectivity index (χ3v) is 6.28. The highest BCUT2D eigenvalue weighted by atomic mass is 32.2. The maximum Gasteiger partial charge on any atom is 0.265 e. The van der Waals surface area contributed by atoms with Crippen LogP contribution in [-0.2, 0) is 4.79 Å². The van der Waals surface area contributed by atoms with E-state index in [4.69, 9.17) is 17.0 Å². The first-order chi connectivity index (χ1) is 12.5. The Bertz CT molecular complexity index is 846. The molecule has 0 radical (unpaired) electrons. The monoisotopic (exact) mass is 401 g/mol. The van der Waals surface area contributed by atoms with Gasteiger partial charge in [0.1, 0.15) is 10.1 Å². The Morgan fingerprint density at radius 2 is 1.92 bits per heavy atom. The van der Waals surface area contributed by atoms with Crippen molar-refractivity contribution >= 4 is 52.0 Å². The molecule has 0 unspecified atom stereocenters. The van der Waals surface area contributed by atoms with Crippen LogP contribution in [-0.4, -0.2) is 34.5 Å². The molecule has 26 heavy (non-hydrogen) atoms. The van der Waals surface area contributed by atoms with E-state index in [1.807, 2.05) is 30.3 Å². The highest BCUT2D eigenvalue weighted by Crippen LogP contribution is 2.33. The SMILES string of the molecule is Cc1ccc(SCCOc2ccccc2/C=C2/SC(=S)N(C)C2=O)cc1. The minimum Gasteiger partial charge on any atom is -0.492 e.